The highest BCUT2D eigenvalue weighted by Crippen LogP contribution is 2.14. The van der Waals surface area contributed by atoms with Crippen LogP contribution in [0.15, 0.2) is 58.1 Å². The first-order valence-corrected chi connectivity index (χ1v) is 10.0. The van der Waals surface area contributed by atoms with E-state index in [1.807, 2.05) is 0 Å². The normalized spacial score (nSPS) is 14.1. The van der Waals surface area contributed by atoms with Crippen molar-refractivity contribution < 1.29 is 14.7 Å². The van der Waals surface area contributed by atoms with Gasteiger partial charge < -0.3 is 14.9 Å². The number of hydrogen-bond acceptors (Lipinski definition) is 5. The predicted octanol–water partition coefficient (Wildman–Crippen LogP) is 0.770. The van der Waals surface area contributed by atoms with Crippen LogP contribution in [0.1, 0.15) is 16.8 Å². The molecule has 1 aromatic heterocycles. The summed E-state index contributed by atoms with van der Waals surface area (Å²) >= 11 is 0. The number of aromatic hydroxyl groups is 1. The number of amides is 2. The monoisotopic (exact) mass is 422 g/mol. The van der Waals surface area contributed by atoms with Gasteiger partial charge in [-0.15, -0.1) is 0 Å². The largest absolute Gasteiger partial charge is 0.508 e. The molecule has 1 saturated heterocycles. The Morgan fingerprint density at radius 1 is 0.903 bits per heavy atom. The minimum atomic E-state index is -0.541. The molecule has 9 nitrogen and oxygen atoms in total. The van der Waals surface area contributed by atoms with Crippen molar-refractivity contribution in [3.63, 3.8) is 0 Å². The van der Waals surface area contributed by atoms with Crippen LogP contribution in [-0.4, -0.2) is 62.5 Å². The number of phenolic OH excluding ortho intramolecular Hbond substituents is 1. The predicted molar refractivity (Wildman–Crippen MR) is 114 cm³/mol. The molecule has 1 aliphatic rings. The number of phenols is 1. The van der Waals surface area contributed by atoms with Crippen LogP contribution in [0.4, 0.5) is 0 Å². The second-order valence-corrected chi connectivity index (χ2v) is 7.40. The first-order chi connectivity index (χ1) is 14.9. The molecular formula is C22H22N4O5. The molecule has 0 unspecified atom stereocenters. The van der Waals surface area contributed by atoms with Gasteiger partial charge in [-0.1, -0.05) is 12.1 Å². The van der Waals surface area contributed by atoms with Gasteiger partial charge in [0.1, 0.15) is 5.75 Å². The van der Waals surface area contributed by atoms with Crippen molar-refractivity contribution in [1.29, 1.82) is 0 Å². The number of benzene rings is 2. The van der Waals surface area contributed by atoms with Crippen molar-refractivity contribution >= 4 is 22.7 Å². The SMILES string of the molecule is O=C(CCn1c(=O)[nH]c(=O)c2ccccc21)N1CCN(C(=O)c2ccc(O)cc2)CC1. The van der Waals surface area contributed by atoms with Crippen LogP contribution in [0.3, 0.4) is 0 Å². The van der Waals surface area contributed by atoms with Crippen LogP contribution >= 0.6 is 0 Å². The van der Waals surface area contributed by atoms with Gasteiger partial charge in [-0.05, 0) is 36.4 Å². The molecule has 0 atom stereocenters. The zero-order valence-electron chi connectivity index (χ0n) is 16.8. The summed E-state index contributed by atoms with van der Waals surface area (Å²) in [7, 11) is 0. The summed E-state index contributed by atoms with van der Waals surface area (Å²) in [6, 6.07) is 12.9. The molecule has 0 saturated carbocycles. The molecule has 0 spiro atoms. The topological polar surface area (TPSA) is 116 Å². The summed E-state index contributed by atoms with van der Waals surface area (Å²) in [4.78, 5) is 55.1. The first kappa shape index (κ1) is 20.4. The fourth-order valence-corrected chi connectivity index (χ4v) is 3.78. The Labute approximate surface area is 177 Å². The third-order valence-electron chi connectivity index (χ3n) is 5.49. The van der Waals surface area contributed by atoms with E-state index in [1.54, 1.807) is 46.2 Å². The number of piperazine rings is 1. The van der Waals surface area contributed by atoms with E-state index in [0.717, 1.165) is 0 Å². The highest BCUT2D eigenvalue weighted by molar-refractivity contribution is 5.94. The second kappa shape index (κ2) is 8.47. The zero-order chi connectivity index (χ0) is 22.0. The molecule has 0 bridgehead atoms. The minimum absolute atomic E-state index is 0.0985. The van der Waals surface area contributed by atoms with Gasteiger partial charge in [0, 0.05) is 44.7 Å². The van der Waals surface area contributed by atoms with Gasteiger partial charge in [-0.3, -0.25) is 23.9 Å². The molecular weight excluding hydrogens is 400 g/mol. The summed E-state index contributed by atoms with van der Waals surface area (Å²) in [6.45, 7) is 1.79. The Hall–Kier alpha value is -3.88. The van der Waals surface area contributed by atoms with Gasteiger partial charge in [0.05, 0.1) is 10.9 Å². The number of aryl methyl sites for hydroxylation is 1. The second-order valence-electron chi connectivity index (χ2n) is 7.40. The lowest BCUT2D eigenvalue weighted by atomic mass is 10.1. The number of carbonyl (C=O) groups is 2. The van der Waals surface area contributed by atoms with Gasteiger partial charge in [0.15, 0.2) is 0 Å². The molecule has 2 amide bonds. The summed E-state index contributed by atoms with van der Waals surface area (Å²) in [6.07, 6.45) is 0.113. The Balaban J connectivity index is 1.38. The van der Waals surface area contributed by atoms with E-state index in [4.69, 9.17) is 0 Å². The number of nitrogens with zero attached hydrogens (tertiary/aromatic N) is 3. The maximum absolute atomic E-state index is 12.7. The van der Waals surface area contributed by atoms with E-state index in [0.29, 0.717) is 42.6 Å². The average Bonchev–Trinajstić information content (AvgIpc) is 2.79. The Bertz CT molecular complexity index is 1240. The van der Waals surface area contributed by atoms with Crippen LogP contribution < -0.4 is 11.2 Å². The maximum Gasteiger partial charge on any atom is 0.328 e. The number of aromatic nitrogens is 2. The van der Waals surface area contributed by atoms with Crippen LogP contribution in [-0.2, 0) is 11.3 Å². The van der Waals surface area contributed by atoms with Crippen LogP contribution in [0.2, 0.25) is 0 Å². The van der Waals surface area contributed by atoms with Gasteiger partial charge in [0.25, 0.3) is 11.5 Å². The molecule has 31 heavy (non-hydrogen) atoms. The molecule has 4 rings (SSSR count). The number of H-pyrrole nitrogens is 1. The lowest BCUT2D eigenvalue weighted by molar-refractivity contribution is -0.132. The number of fused-ring (bicyclic) bond motifs is 1. The fraction of sp³-hybridized carbons (Fsp3) is 0.273. The highest BCUT2D eigenvalue weighted by Gasteiger charge is 2.25. The van der Waals surface area contributed by atoms with Crippen molar-refractivity contribution in [1.82, 2.24) is 19.4 Å². The molecule has 9 heteroatoms. The number of carbonyl (C=O) groups excluding carboxylic acids is 2. The number of rotatable bonds is 4. The molecule has 0 radical (unpaired) electrons. The summed E-state index contributed by atoms with van der Waals surface area (Å²) in [5.74, 6) is -0.154. The molecule has 2 N–H and O–H groups in total. The number of aromatic amines is 1. The van der Waals surface area contributed by atoms with E-state index in [-0.39, 0.29) is 30.5 Å². The van der Waals surface area contributed by atoms with Crippen molar-refractivity contribution in [2.75, 3.05) is 26.2 Å². The minimum Gasteiger partial charge on any atom is -0.508 e. The van der Waals surface area contributed by atoms with Gasteiger partial charge >= 0.3 is 5.69 Å². The lowest BCUT2D eigenvalue weighted by Crippen LogP contribution is -2.50. The lowest BCUT2D eigenvalue weighted by Gasteiger charge is -2.35. The van der Waals surface area contributed by atoms with E-state index in [9.17, 15) is 24.3 Å². The molecule has 2 aromatic carbocycles. The van der Waals surface area contributed by atoms with E-state index >= 15 is 0 Å². The van der Waals surface area contributed by atoms with Gasteiger partial charge in [-0.25, -0.2) is 4.79 Å². The summed E-state index contributed by atoms with van der Waals surface area (Å²) < 4.78 is 1.40. The quantitative estimate of drug-likeness (QED) is 0.644. The van der Waals surface area contributed by atoms with Crippen LogP contribution in [0.25, 0.3) is 10.9 Å². The summed E-state index contributed by atoms with van der Waals surface area (Å²) in [5, 5.41) is 9.76. The maximum atomic E-state index is 12.7. The Kier molecular flexibility index (Phi) is 5.57. The van der Waals surface area contributed by atoms with Crippen molar-refractivity contribution in [3.05, 3.63) is 74.9 Å². The van der Waals surface area contributed by atoms with E-state index in [2.05, 4.69) is 4.98 Å². The van der Waals surface area contributed by atoms with Crippen LogP contribution in [0.5, 0.6) is 5.75 Å². The average molecular weight is 422 g/mol. The first-order valence-electron chi connectivity index (χ1n) is 10.0. The molecule has 3 aromatic rings. The third kappa shape index (κ3) is 4.20. The zero-order valence-corrected chi connectivity index (χ0v) is 16.8. The number of para-hydroxylation sites is 1. The standard InChI is InChI=1S/C22H22N4O5/c27-16-7-5-15(6-8-16)21(30)25-13-11-24(12-14-25)19(28)9-10-26-18-4-2-1-3-17(18)20(29)23-22(26)31/h1-8,27H,9-14H2,(H,23,29,31). The van der Waals surface area contributed by atoms with Crippen molar-refractivity contribution in [2.24, 2.45) is 0 Å². The van der Waals surface area contributed by atoms with Crippen LogP contribution in [0, 0.1) is 0 Å². The molecule has 0 aliphatic carbocycles. The van der Waals surface area contributed by atoms with E-state index < -0.39 is 11.2 Å². The van der Waals surface area contributed by atoms with Crippen molar-refractivity contribution in [3.8, 4) is 5.75 Å². The Morgan fingerprint density at radius 2 is 1.55 bits per heavy atom. The van der Waals surface area contributed by atoms with Gasteiger partial charge in [0.2, 0.25) is 5.91 Å². The highest BCUT2D eigenvalue weighted by atomic mass is 16.3. The molecule has 160 valence electrons. The van der Waals surface area contributed by atoms with Crippen molar-refractivity contribution in [2.45, 2.75) is 13.0 Å². The number of nitrogens with one attached hydrogen (secondary N) is 1. The Morgan fingerprint density at radius 3 is 2.26 bits per heavy atom. The van der Waals surface area contributed by atoms with Gasteiger partial charge in [-0.2, -0.15) is 0 Å². The molecule has 1 fully saturated rings. The van der Waals surface area contributed by atoms with E-state index in [1.165, 1.54) is 16.7 Å². The third-order valence-corrected chi connectivity index (χ3v) is 5.49. The number of hydrogen-bond donors (Lipinski definition) is 2. The fourth-order valence-electron chi connectivity index (χ4n) is 3.78. The molecule has 1 aliphatic heterocycles. The molecule has 2 heterocycles. The smallest absolute Gasteiger partial charge is 0.328 e. The summed E-state index contributed by atoms with van der Waals surface area (Å²) in [5.41, 5.74) is -0.00586.